The average Bonchev–Trinajstić information content (AvgIpc) is 3.08. The first-order chi connectivity index (χ1) is 12.6. The van der Waals surface area contributed by atoms with Crippen molar-refractivity contribution in [2.45, 2.75) is 6.42 Å². The van der Waals surface area contributed by atoms with Crippen LogP contribution in [0.2, 0.25) is 0 Å². The maximum atomic E-state index is 12.1. The molecular weight excluding hydrogens is 344 g/mol. The van der Waals surface area contributed by atoms with Crippen molar-refractivity contribution >= 4 is 34.1 Å². The largest absolute Gasteiger partial charge is 0.378 e. The summed E-state index contributed by atoms with van der Waals surface area (Å²) in [7, 11) is 3.98. The van der Waals surface area contributed by atoms with Crippen LogP contribution in [0.3, 0.4) is 0 Å². The number of hydrogen-bond donors (Lipinski definition) is 1. The summed E-state index contributed by atoms with van der Waals surface area (Å²) in [6.07, 6.45) is 3.99. The van der Waals surface area contributed by atoms with Crippen molar-refractivity contribution in [3.8, 4) is 0 Å². The van der Waals surface area contributed by atoms with Crippen LogP contribution in [0.25, 0.3) is 6.08 Å². The van der Waals surface area contributed by atoms with E-state index in [9.17, 15) is 4.79 Å². The topological polar surface area (TPSA) is 58.1 Å². The highest BCUT2D eigenvalue weighted by Crippen LogP contribution is 2.18. The second-order valence-electron chi connectivity index (χ2n) is 5.97. The van der Waals surface area contributed by atoms with Gasteiger partial charge in [0.05, 0.1) is 0 Å². The third-order valence-corrected chi connectivity index (χ3v) is 4.57. The van der Waals surface area contributed by atoms with Gasteiger partial charge in [-0.15, -0.1) is 10.2 Å². The number of aromatic nitrogens is 2. The number of hydrogen-bond acceptors (Lipinski definition) is 5. The molecule has 0 aliphatic carbocycles. The van der Waals surface area contributed by atoms with Crippen molar-refractivity contribution in [2.75, 3.05) is 24.3 Å². The Morgan fingerprint density at radius 1 is 1.08 bits per heavy atom. The minimum atomic E-state index is -0.218. The number of nitrogens with zero attached hydrogens (tertiary/aromatic N) is 3. The van der Waals surface area contributed by atoms with E-state index in [2.05, 4.69) is 15.5 Å². The fraction of sp³-hybridized carbons (Fsp3) is 0.150. The van der Waals surface area contributed by atoms with E-state index in [1.54, 1.807) is 6.08 Å². The number of carbonyl (C=O) groups is 1. The van der Waals surface area contributed by atoms with Crippen molar-refractivity contribution in [1.29, 1.82) is 0 Å². The molecular formula is C20H20N4OS. The third kappa shape index (κ3) is 5.00. The average molecular weight is 364 g/mol. The van der Waals surface area contributed by atoms with Gasteiger partial charge in [-0.05, 0) is 29.3 Å². The minimum absolute atomic E-state index is 0.218. The Hall–Kier alpha value is -2.99. The van der Waals surface area contributed by atoms with Crippen molar-refractivity contribution in [1.82, 2.24) is 10.2 Å². The monoisotopic (exact) mass is 364 g/mol. The minimum Gasteiger partial charge on any atom is -0.378 e. The fourth-order valence-electron chi connectivity index (χ4n) is 2.35. The van der Waals surface area contributed by atoms with Gasteiger partial charge in [-0.2, -0.15) is 0 Å². The van der Waals surface area contributed by atoms with Crippen LogP contribution in [0, 0.1) is 0 Å². The maximum Gasteiger partial charge on any atom is 0.250 e. The van der Waals surface area contributed by atoms with Gasteiger partial charge in [-0.1, -0.05) is 53.8 Å². The Bertz CT molecular complexity index is 886. The molecule has 0 unspecified atom stereocenters. The summed E-state index contributed by atoms with van der Waals surface area (Å²) in [5.41, 5.74) is 3.25. The van der Waals surface area contributed by atoms with Gasteiger partial charge in [0.25, 0.3) is 0 Å². The van der Waals surface area contributed by atoms with Crippen molar-refractivity contribution in [2.24, 2.45) is 0 Å². The summed E-state index contributed by atoms with van der Waals surface area (Å²) in [6.45, 7) is 0. The number of benzene rings is 2. The third-order valence-electron chi connectivity index (χ3n) is 3.73. The van der Waals surface area contributed by atoms with E-state index in [0.29, 0.717) is 11.6 Å². The van der Waals surface area contributed by atoms with E-state index in [1.165, 1.54) is 23.0 Å². The predicted octanol–water partition coefficient (Wildman–Crippen LogP) is 3.85. The van der Waals surface area contributed by atoms with Crippen LogP contribution in [0.1, 0.15) is 16.1 Å². The quantitative estimate of drug-likeness (QED) is 0.675. The van der Waals surface area contributed by atoms with Gasteiger partial charge in [-0.3, -0.25) is 10.1 Å². The molecule has 1 heterocycles. The number of nitrogens with one attached hydrogen (secondary N) is 1. The van der Waals surface area contributed by atoms with Crippen LogP contribution in [0.4, 0.5) is 10.8 Å². The number of amides is 1. The van der Waals surface area contributed by atoms with Gasteiger partial charge in [0.15, 0.2) is 0 Å². The molecule has 0 radical (unpaired) electrons. The SMILES string of the molecule is CN(C)c1ccc(/C=C/C(=O)Nc2nnc(Cc3ccccc3)s2)cc1. The molecule has 6 heteroatoms. The molecule has 2 aromatic carbocycles. The molecule has 0 bridgehead atoms. The van der Waals surface area contributed by atoms with Crippen LogP contribution < -0.4 is 10.2 Å². The van der Waals surface area contributed by atoms with Crippen molar-refractivity contribution in [3.05, 3.63) is 76.8 Å². The van der Waals surface area contributed by atoms with Crippen molar-refractivity contribution < 1.29 is 4.79 Å². The van der Waals surface area contributed by atoms with Crippen LogP contribution in [-0.2, 0) is 11.2 Å². The lowest BCUT2D eigenvalue weighted by Gasteiger charge is -2.11. The highest BCUT2D eigenvalue weighted by atomic mass is 32.1. The lowest BCUT2D eigenvalue weighted by atomic mass is 10.2. The van der Waals surface area contributed by atoms with Crippen LogP contribution in [-0.4, -0.2) is 30.2 Å². The molecule has 132 valence electrons. The molecule has 26 heavy (non-hydrogen) atoms. The normalized spacial score (nSPS) is 10.8. The smallest absolute Gasteiger partial charge is 0.250 e. The second-order valence-corrected chi connectivity index (χ2v) is 7.03. The first-order valence-electron chi connectivity index (χ1n) is 8.23. The molecule has 0 spiro atoms. The van der Waals surface area contributed by atoms with Gasteiger partial charge in [0.1, 0.15) is 5.01 Å². The van der Waals surface area contributed by atoms with Gasteiger partial charge in [-0.25, -0.2) is 0 Å². The van der Waals surface area contributed by atoms with E-state index >= 15 is 0 Å². The zero-order valence-electron chi connectivity index (χ0n) is 14.7. The summed E-state index contributed by atoms with van der Waals surface area (Å²) < 4.78 is 0. The summed E-state index contributed by atoms with van der Waals surface area (Å²) in [5.74, 6) is -0.218. The van der Waals surface area contributed by atoms with Crippen LogP contribution >= 0.6 is 11.3 Å². The summed E-state index contributed by atoms with van der Waals surface area (Å²) in [5, 5.41) is 12.3. The Morgan fingerprint density at radius 2 is 1.81 bits per heavy atom. The van der Waals surface area contributed by atoms with Gasteiger partial charge >= 0.3 is 0 Å². The molecule has 0 saturated heterocycles. The molecule has 0 fully saturated rings. The standard InChI is InChI=1S/C20H20N4OS/c1-24(2)17-11-8-15(9-12-17)10-13-18(25)21-20-23-22-19(26-20)14-16-6-4-3-5-7-16/h3-13H,14H2,1-2H3,(H,21,23,25)/b13-10+. The first-order valence-corrected chi connectivity index (χ1v) is 9.04. The van der Waals surface area contributed by atoms with E-state index in [-0.39, 0.29) is 5.91 Å². The highest BCUT2D eigenvalue weighted by molar-refractivity contribution is 7.15. The molecule has 5 nitrogen and oxygen atoms in total. The van der Waals surface area contributed by atoms with E-state index in [4.69, 9.17) is 0 Å². The maximum absolute atomic E-state index is 12.1. The first kappa shape index (κ1) is 17.8. The van der Waals surface area contributed by atoms with Gasteiger partial charge < -0.3 is 4.90 Å². The molecule has 3 aromatic rings. The Balaban J connectivity index is 1.56. The molecule has 0 atom stereocenters. The Kier molecular flexibility index (Phi) is 5.76. The lowest BCUT2D eigenvalue weighted by molar-refractivity contribution is -0.111. The van der Waals surface area contributed by atoms with E-state index < -0.39 is 0 Å². The van der Waals surface area contributed by atoms with Gasteiger partial charge in [0.2, 0.25) is 11.0 Å². The molecule has 1 aromatic heterocycles. The molecule has 0 aliphatic rings. The lowest BCUT2D eigenvalue weighted by Crippen LogP contribution is -2.08. The molecule has 1 N–H and O–H groups in total. The molecule has 0 saturated carbocycles. The molecule has 0 aliphatic heterocycles. The predicted molar refractivity (Wildman–Crippen MR) is 108 cm³/mol. The molecule has 1 amide bonds. The summed E-state index contributed by atoms with van der Waals surface area (Å²) >= 11 is 1.39. The van der Waals surface area contributed by atoms with Crippen molar-refractivity contribution in [3.63, 3.8) is 0 Å². The summed E-state index contributed by atoms with van der Waals surface area (Å²) in [4.78, 5) is 14.1. The molecule has 3 rings (SSSR count). The van der Waals surface area contributed by atoms with Crippen LogP contribution in [0.5, 0.6) is 0 Å². The van der Waals surface area contributed by atoms with Gasteiger partial charge in [0, 0.05) is 32.3 Å². The Labute approximate surface area is 157 Å². The van der Waals surface area contributed by atoms with Crippen LogP contribution in [0.15, 0.2) is 60.7 Å². The number of anilines is 2. The zero-order valence-corrected chi connectivity index (χ0v) is 15.5. The fourth-order valence-corrected chi connectivity index (χ4v) is 3.13. The zero-order chi connectivity index (χ0) is 18.4. The summed E-state index contributed by atoms with van der Waals surface area (Å²) in [6, 6.07) is 18.0. The second kappa shape index (κ2) is 8.40. The number of carbonyl (C=O) groups excluding carboxylic acids is 1. The number of rotatable bonds is 6. The Morgan fingerprint density at radius 3 is 2.50 bits per heavy atom. The van der Waals surface area contributed by atoms with E-state index in [1.807, 2.05) is 73.6 Å². The highest BCUT2D eigenvalue weighted by Gasteiger charge is 2.07. The van der Waals surface area contributed by atoms with E-state index in [0.717, 1.165) is 16.3 Å².